The molecule has 1 aromatic carbocycles. The van der Waals surface area contributed by atoms with Crippen LogP contribution < -0.4 is 5.56 Å². The van der Waals surface area contributed by atoms with Gasteiger partial charge in [-0.25, -0.2) is 4.39 Å². The van der Waals surface area contributed by atoms with E-state index in [1.54, 1.807) is 12.1 Å². The molecule has 0 aliphatic rings. The summed E-state index contributed by atoms with van der Waals surface area (Å²) in [6, 6.07) is 6.20. The van der Waals surface area contributed by atoms with E-state index in [2.05, 4.69) is 4.98 Å². The lowest BCUT2D eigenvalue weighted by atomic mass is 10.1. The predicted molar refractivity (Wildman–Crippen MR) is 60.6 cm³/mol. The fourth-order valence-electron chi connectivity index (χ4n) is 1.33. The van der Waals surface area contributed by atoms with E-state index in [0.717, 1.165) is 11.6 Å². The Morgan fingerprint density at radius 2 is 1.87 bits per heavy atom. The summed E-state index contributed by atoms with van der Waals surface area (Å²) in [5.41, 5.74) is 1.10. The first kappa shape index (κ1) is 11.4. The lowest BCUT2D eigenvalue weighted by Gasteiger charge is -1.99. The summed E-state index contributed by atoms with van der Waals surface area (Å²) in [6.45, 7) is 5.88. The number of benzene rings is 1. The van der Waals surface area contributed by atoms with Gasteiger partial charge in [-0.2, -0.15) is 0 Å². The molecule has 1 aromatic heterocycles. The Bertz CT molecular complexity index is 517. The summed E-state index contributed by atoms with van der Waals surface area (Å²) < 4.78 is 13.2. The van der Waals surface area contributed by atoms with Gasteiger partial charge in [-0.15, -0.1) is 0 Å². The molecule has 1 N–H and O–H groups in total. The summed E-state index contributed by atoms with van der Waals surface area (Å²) in [5.74, 6) is -0.470. The monoisotopic (exact) mass is 207 g/mol. The molecule has 0 aliphatic carbocycles. The highest BCUT2D eigenvalue weighted by Crippen LogP contribution is 2.14. The van der Waals surface area contributed by atoms with Crippen LogP contribution in [0.1, 0.15) is 19.4 Å². The van der Waals surface area contributed by atoms with Gasteiger partial charge < -0.3 is 4.98 Å². The van der Waals surface area contributed by atoms with Crippen LogP contribution in [0.25, 0.3) is 10.9 Å². The van der Waals surface area contributed by atoms with Gasteiger partial charge in [0.15, 0.2) is 0 Å². The molecule has 3 heteroatoms. The minimum absolute atomic E-state index is 0.408. The summed E-state index contributed by atoms with van der Waals surface area (Å²) in [7, 11) is 0. The van der Waals surface area contributed by atoms with Gasteiger partial charge in [0.1, 0.15) is 5.82 Å². The van der Waals surface area contributed by atoms with Crippen molar-refractivity contribution in [3.63, 3.8) is 0 Å². The fourth-order valence-corrected chi connectivity index (χ4v) is 1.33. The SMILES string of the molecule is CC.Cc1ccc2[nH]c(=O)cc(F)c2c1. The molecule has 0 saturated heterocycles. The standard InChI is InChI=1S/C10H8FNO.C2H6/c1-6-2-3-9-7(4-6)8(11)5-10(13)12-9;1-2/h2-5H,1H3,(H,12,13);1-2H3. The first-order valence-corrected chi connectivity index (χ1v) is 4.96. The Balaban J connectivity index is 0.000000531. The molecule has 0 spiro atoms. The van der Waals surface area contributed by atoms with E-state index in [1.165, 1.54) is 0 Å². The second-order valence-electron chi connectivity index (χ2n) is 3.03. The van der Waals surface area contributed by atoms with Crippen LogP contribution in [-0.2, 0) is 0 Å². The number of aromatic nitrogens is 1. The first-order valence-electron chi connectivity index (χ1n) is 4.96. The van der Waals surface area contributed by atoms with E-state index in [0.29, 0.717) is 10.9 Å². The largest absolute Gasteiger partial charge is 0.322 e. The van der Waals surface area contributed by atoms with E-state index in [4.69, 9.17) is 0 Å². The Morgan fingerprint density at radius 3 is 2.53 bits per heavy atom. The number of H-pyrrole nitrogens is 1. The van der Waals surface area contributed by atoms with Gasteiger partial charge in [-0.1, -0.05) is 25.5 Å². The normalized spacial score (nSPS) is 9.60. The molecule has 1 heterocycles. The molecule has 15 heavy (non-hydrogen) atoms. The van der Waals surface area contributed by atoms with Gasteiger partial charge in [-0.3, -0.25) is 4.79 Å². The highest BCUT2D eigenvalue weighted by molar-refractivity contribution is 5.79. The number of hydrogen-bond acceptors (Lipinski definition) is 1. The molecule has 0 aliphatic heterocycles. The van der Waals surface area contributed by atoms with E-state index < -0.39 is 11.4 Å². The number of aryl methyl sites for hydroxylation is 1. The van der Waals surface area contributed by atoms with Crippen molar-refractivity contribution >= 4 is 10.9 Å². The lowest BCUT2D eigenvalue weighted by Crippen LogP contribution is -2.05. The zero-order valence-corrected chi connectivity index (χ0v) is 9.10. The van der Waals surface area contributed by atoms with Gasteiger partial charge >= 0.3 is 0 Å². The number of rotatable bonds is 0. The van der Waals surface area contributed by atoms with Crippen LogP contribution in [0.3, 0.4) is 0 Å². The van der Waals surface area contributed by atoms with Crippen molar-refractivity contribution in [1.82, 2.24) is 4.98 Å². The molecule has 0 amide bonds. The Labute approximate surface area is 87.8 Å². The Morgan fingerprint density at radius 1 is 1.20 bits per heavy atom. The van der Waals surface area contributed by atoms with Crippen molar-refractivity contribution in [3.8, 4) is 0 Å². The summed E-state index contributed by atoms with van der Waals surface area (Å²) in [5, 5.41) is 0.458. The van der Waals surface area contributed by atoms with Gasteiger partial charge in [0, 0.05) is 11.5 Å². The molecule has 2 rings (SSSR count). The molecule has 0 radical (unpaired) electrons. The van der Waals surface area contributed by atoms with Crippen molar-refractivity contribution in [2.45, 2.75) is 20.8 Å². The highest BCUT2D eigenvalue weighted by atomic mass is 19.1. The van der Waals surface area contributed by atoms with Crippen molar-refractivity contribution in [3.05, 3.63) is 46.0 Å². The number of hydrogen-bond donors (Lipinski definition) is 1. The second-order valence-corrected chi connectivity index (χ2v) is 3.03. The minimum Gasteiger partial charge on any atom is -0.322 e. The van der Waals surface area contributed by atoms with Crippen LogP contribution in [0.5, 0.6) is 0 Å². The van der Waals surface area contributed by atoms with Crippen molar-refractivity contribution in [2.75, 3.05) is 0 Å². The average molecular weight is 207 g/mol. The van der Waals surface area contributed by atoms with Gasteiger partial charge in [0.2, 0.25) is 0 Å². The number of halogens is 1. The molecule has 0 unspecified atom stereocenters. The zero-order valence-electron chi connectivity index (χ0n) is 9.10. The third-order valence-electron chi connectivity index (χ3n) is 1.95. The van der Waals surface area contributed by atoms with Gasteiger partial charge in [-0.05, 0) is 19.1 Å². The number of aromatic amines is 1. The smallest absolute Gasteiger partial charge is 0.251 e. The zero-order chi connectivity index (χ0) is 11.4. The minimum atomic E-state index is -0.470. The van der Waals surface area contributed by atoms with Crippen molar-refractivity contribution in [1.29, 1.82) is 0 Å². The topological polar surface area (TPSA) is 32.9 Å². The quantitative estimate of drug-likeness (QED) is 0.707. The molecule has 0 saturated carbocycles. The van der Waals surface area contributed by atoms with Crippen molar-refractivity contribution < 1.29 is 4.39 Å². The average Bonchev–Trinajstić information content (AvgIpc) is 2.22. The van der Waals surface area contributed by atoms with E-state index in [9.17, 15) is 9.18 Å². The fraction of sp³-hybridized carbons (Fsp3) is 0.250. The molecule has 80 valence electrons. The third-order valence-corrected chi connectivity index (χ3v) is 1.95. The molecule has 2 aromatic rings. The van der Waals surface area contributed by atoms with Crippen LogP contribution in [0.15, 0.2) is 29.1 Å². The van der Waals surface area contributed by atoms with Crippen LogP contribution in [0, 0.1) is 12.7 Å². The third kappa shape index (κ3) is 2.43. The maximum absolute atomic E-state index is 13.2. The van der Waals surface area contributed by atoms with Crippen LogP contribution >= 0.6 is 0 Å². The van der Waals surface area contributed by atoms with Crippen molar-refractivity contribution in [2.24, 2.45) is 0 Å². The van der Waals surface area contributed by atoms with E-state index >= 15 is 0 Å². The number of fused-ring (bicyclic) bond motifs is 1. The molecule has 0 bridgehead atoms. The molecular formula is C12H14FNO. The van der Waals surface area contributed by atoms with Crippen LogP contribution in [0.2, 0.25) is 0 Å². The van der Waals surface area contributed by atoms with E-state index in [-0.39, 0.29) is 0 Å². The number of pyridine rings is 1. The van der Waals surface area contributed by atoms with Crippen LogP contribution in [-0.4, -0.2) is 4.98 Å². The predicted octanol–water partition coefficient (Wildman–Crippen LogP) is 3.00. The maximum atomic E-state index is 13.2. The maximum Gasteiger partial charge on any atom is 0.251 e. The molecule has 0 atom stereocenters. The second kappa shape index (κ2) is 4.73. The van der Waals surface area contributed by atoms with Gasteiger partial charge in [0.25, 0.3) is 5.56 Å². The highest BCUT2D eigenvalue weighted by Gasteiger charge is 2.01. The summed E-state index contributed by atoms with van der Waals surface area (Å²) in [4.78, 5) is 13.5. The molecule has 2 nitrogen and oxygen atoms in total. The number of nitrogens with one attached hydrogen (secondary N) is 1. The lowest BCUT2D eigenvalue weighted by molar-refractivity contribution is 0.636. The summed E-state index contributed by atoms with van der Waals surface area (Å²) in [6.07, 6.45) is 0. The molecular weight excluding hydrogens is 193 g/mol. The Kier molecular flexibility index (Phi) is 3.61. The molecule has 0 fully saturated rings. The van der Waals surface area contributed by atoms with Gasteiger partial charge in [0.05, 0.1) is 5.52 Å². The Hall–Kier alpha value is -1.64. The van der Waals surface area contributed by atoms with Crippen LogP contribution in [0.4, 0.5) is 4.39 Å². The summed E-state index contributed by atoms with van der Waals surface area (Å²) >= 11 is 0. The first-order chi connectivity index (χ1) is 7.16. The van der Waals surface area contributed by atoms with E-state index in [1.807, 2.05) is 26.8 Å².